The molecule has 1 atom stereocenters. The lowest BCUT2D eigenvalue weighted by molar-refractivity contribution is 0.700. The lowest BCUT2D eigenvalue weighted by atomic mass is 10.1. The molecule has 1 unspecified atom stereocenters. The molecule has 0 amide bonds. The van der Waals surface area contributed by atoms with E-state index in [-0.39, 0.29) is 0 Å². The molecule has 0 aliphatic rings. The predicted octanol–water partition coefficient (Wildman–Crippen LogP) is 3.52. The van der Waals surface area contributed by atoms with Gasteiger partial charge in [-0.15, -0.1) is 0 Å². The average molecular weight is 271 g/mol. The number of benzene rings is 1. The topological polar surface area (TPSA) is 48.7 Å². The summed E-state index contributed by atoms with van der Waals surface area (Å²) >= 11 is 1.84. The molecule has 4 heteroatoms. The van der Waals surface area contributed by atoms with Gasteiger partial charge in [0.15, 0.2) is 0 Å². The van der Waals surface area contributed by atoms with Crippen LogP contribution in [-0.4, -0.2) is 23.5 Å². The summed E-state index contributed by atoms with van der Waals surface area (Å²) in [7, 11) is 0. The maximum atomic E-state index is 9.21. The SMILES string of the molecule is CSCC(C)CNc1cc(C#N)c2ccccc2n1. The van der Waals surface area contributed by atoms with Gasteiger partial charge < -0.3 is 5.32 Å². The van der Waals surface area contributed by atoms with Crippen molar-refractivity contribution < 1.29 is 0 Å². The van der Waals surface area contributed by atoms with Crippen LogP contribution in [0, 0.1) is 17.2 Å². The quantitative estimate of drug-likeness (QED) is 0.904. The molecule has 0 aliphatic carbocycles. The molecule has 0 spiro atoms. The molecular formula is C15H17N3S. The Morgan fingerprint density at radius 3 is 2.95 bits per heavy atom. The molecule has 0 aliphatic heterocycles. The Morgan fingerprint density at radius 1 is 1.42 bits per heavy atom. The van der Waals surface area contributed by atoms with Gasteiger partial charge in [0.1, 0.15) is 5.82 Å². The van der Waals surface area contributed by atoms with Crippen molar-refractivity contribution in [1.82, 2.24) is 4.98 Å². The second-order valence-electron chi connectivity index (χ2n) is 4.63. The number of anilines is 1. The molecule has 98 valence electrons. The molecule has 0 fully saturated rings. The van der Waals surface area contributed by atoms with Gasteiger partial charge in [0.05, 0.1) is 17.1 Å². The number of nitriles is 1. The summed E-state index contributed by atoms with van der Waals surface area (Å²) in [5.41, 5.74) is 1.53. The van der Waals surface area contributed by atoms with Gasteiger partial charge >= 0.3 is 0 Å². The first kappa shape index (κ1) is 13.7. The van der Waals surface area contributed by atoms with Crippen LogP contribution < -0.4 is 5.32 Å². The Morgan fingerprint density at radius 2 is 2.21 bits per heavy atom. The molecule has 1 aromatic heterocycles. The minimum atomic E-state index is 0.578. The number of fused-ring (bicyclic) bond motifs is 1. The smallest absolute Gasteiger partial charge is 0.127 e. The van der Waals surface area contributed by atoms with Gasteiger partial charge in [-0.3, -0.25) is 0 Å². The number of rotatable bonds is 5. The number of para-hydroxylation sites is 1. The van der Waals surface area contributed by atoms with Crippen LogP contribution in [0.25, 0.3) is 10.9 Å². The van der Waals surface area contributed by atoms with Crippen molar-refractivity contribution in [3.8, 4) is 6.07 Å². The summed E-state index contributed by atoms with van der Waals surface area (Å²) in [6, 6.07) is 11.8. The monoisotopic (exact) mass is 271 g/mol. The summed E-state index contributed by atoms with van der Waals surface area (Å²) in [6.07, 6.45) is 2.11. The number of hydrogen-bond acceptors (Lipinski definition) is 4. The lowest BCUT2D eigenvalue weighted by Gasteiger charge is -2.12. The van der Waals surface area contributed by atoms with E-state index in [1.165, 1.54) is 0 Å². The summed E-state index contributed by atoms with van der Waals surface area (Å²) in [5, 5.41) is 13.4. The minimum absolute atomic E-state index is 0.578. The van der Waals surface area contributed by atoms with Crippen LogP contribution in [0.2, 0.25) is 0 Å². The first-order valence-corrected chi connectivity index (χ1v) is 7.66. The first-order valence-electron chi connectivity index (χ1n) is 6.27. The molecule has 1 N–H and O–H groups in total. The van der Waals surface area contributed by atoms with Crippen LogP contribution in [0.15, 0.2) is 30.3 Å². The highest BCUT2D eigenvalue weighted by molar-refractivity contribution is 7.98. The van der Waals surface area contributed by atoms with Crippen molar-refractivity contribution in [2.75, 3.05) is 23.9 Å². The van der Waals surface area contributed by atoms with Crippen molar-refractivity contribution in [1.29, 1.82) is 5.26 Å². The molecule has 3 nitrogen and oxygen atoms in total. The van der Waals surface area contributed by atoms with E-state index in [4.69, 9.17) is 0 Å². The van der Waals surface area contributed by atoms with Crippen molar-refractivity contribution in [3.05, 3.63) is 35.9 Å². The van der Waals surface area contributed by atoms with E-state index >= 15 is 0 Å². The Bertz CT molecular complexity index is 604. The molecule has 0 saturated carbocycles. The summed E-state index contributed by atoms with van der Waals surface area (Å²) in [6.45, 7) is 3.08. The third kappa shape index (κ3) is 3.39. The van der Waals surface area contributed by atoms with Crippen LogP contribution in [-0.2, 0) is 0 Å². The van der Waals surface area contributed by atoms with E-state index in [0.29, 0.717) is 11.5 Å². The number of pyridine rings is 1. The average Bonchev–Trinajstić information content (AvgIpc) is 2.44. The standard InChI is InChI=1S/C15H17N3S/c1-11(10-19-2)9-17-15-7-12(8-16)13-5-3-4-6-14(13)18-15/h3-7,11H,9-10H2,1-2H3,(H,17,18). The van der Waals surface area contributed by atoms with Gasteiger partial charge in [0, 0.05) is 11.9 Å². The zero-order chi connectivity index (χ0) is 13.7. The van der Waals surface area contributed by atoms with E-state index in [0.717, 1.165) is 29.0 Å². The molecule has 2 rings (SSSR count). The van der Waals surface area contributed by atoms with Crippen LogP contribution >= 0.6 is 11.8 Å². The van der Waals surface area contributed by atoms with Gasteiger partial charge in [-0.25, -0.2) is 4.98 Å². The molecule has 1 heterocycles. The fourth-order valence-electron chi connectivity index (χ4n) is 1.98. The second-order valence-corrected chi connectivity index (χ2v) is 5.54. The molecule has 0 bridgehead atoms. The van der Waals surface area contributed by atoms with Crippen LogP contribution in [0.1, 0.15) is 12.5 Å². The zero-order valence-corrected chi connectivity index (χ0v) is 12.0. The summed E-state index contributed by atoms with van der Waals surface area (Å²) in [4.78, 5) is 4.55. The van der Waals surface area contributed by atoms with Crippen LogP contribution in [0.5, 0.6) is 0 Å². The maximum absolute atomic E-state index is 9.21. The number of hydrogen-bond donors (Lipinski definition) is 1. The van der Waals surface area contributed by atoms with E-state index in [1.54, 1.807) is 0 Å². The molecule has 0 saturated heterocycles. The molecular weight excluding hydrogens is 254 g/mol. The largest absolute Gasteiger partial charge is 0.370 e. The highest BCUT2D eigenvalue weighted by Gasteiger charge is 2.06. The van der Waals surface area contributed by atoms with E-state index in [2.05, 4.69) is 29.5 Å². The fourth-order valence-corrected chi connectivity index (χ4v) is 2.67. The van der Waals surface area contributed by atoms with Crippen molar-refractivity contribution >= 4 is 28.5 Å². The van der Waals surface area contributed by atoms with Crippen molar-refractivity contribution in [3.63, 3.8) is 0 Å². The summed E-state index contributed by atoms with van der Waals surface area (Å²) in [5.74, 6) is 2.48. The van der Waals surface area contributed by atoms with Gasteiger partial charge in [0.2, 0.25) is 0 Å². The normalized spacial score (nSPS) is 12.1. The highest BCUT2D eigenvalue weighted by atomic mass is 32.2. The van der Waals surface area contributed by atoms with Gasteiger partial charge in [0.25, 0.3) is 0 Å². The maximum Gasteiger partial charge on any atom is 0.127 e. The molecule has 2 aromatic rings. The molecule has 19 heavy (non-hydrogen) atoms. The molecule has 0 radical (unpaired) electrons. The Balaban J connectivity index is 2.23. The first-order chi connectivity index (χ1) is 9.24. The van der Waals surface area contributed by atoms with E-state index < -0.39 is 0 Å². The summed E-state index contributed by atoms with van der Waals surface area (Å²) < 4.78 is 0. The lowest BCUT2D eigenvalue weighted by Crippen LogP contribution is -2.14. The zero-order valence-electron chi connectivity index (χ0n) is 11.2. The third-order valence-electron chi connectivity index (χ3n) is 2.92. The van der Waals surface area contributed by atoms with E-state index in [9.17, 15) is 5.26 Å². The molecule has 1 aromatic carbocycles. The third-order valence-corrected chi connectivity index (χ3v) is 3.82. The van der Waals surface area contributed by atoms with Gasteiger partial charge in [-0.1, -0.05) is 25.1 Å². The Hall–Kier alpha value is -1.73. The number of nitrogens with one attached hydrogen (secondary N) is 1. The minimum Gasteiger partial charge on any atom is -0.370 e. The second kappa shape index (κ2) is 6.44. The van der Waals surface area contributed by atoms with Crippen molar-refractivity contribution in [2.24, 2.45) is 5.92 Å². The predicted molar refractivity (Wildman–Crippen MR) is 82.5 cm³/mol. The number of aromatic nitrogens is 1. The fraction of sp³-hybridized carbons (Fsp3) is 0.333. The van der Waals surface area contributed by atoms with E-state index in [1.807, 2.05) is 42.1 Å². The number of nitrogens with zero attached hydrogens (tertiary/aromatic N) is 2. The van der Waals surface area contributed by atoms with Crippen LogP contribution in [0.4, 0.5) is 5.82 Å². The Labute approximate surface area is 118 Å². The van der Waals surface area contributed by atoms with Crippen LogP contribution in [0.3, 0.4) is 0 Å². The van der Waals surface area contributed by atoms with Gasteiger partial charge in [-0.2, -0.15) is 17.0 Å². The van der Waals surface area contributed by atoms with Crippen molar-refractivity contribution in [2.45, 2.75) is 6.92 Å². The van der Waals surface area contributed by atoms with Gasteiger partial charge in [-0.05, 0) is 30.1 Å². The highest BCUT2D eigenvalue weighted by Crippen LogP contribution is 2.20. The Kier molecular flexibility index (Phi) is 4.64. The number of thioether (sulfide) groups is 1.